The zero-order valence-electron chi connectivity index (χ0n) is 12.6. The van der Waals surface area contributed by atoms with E-state index in [0.29, 0.717) is 6.04 Å². The van der Waals surface area contributed by atoms with Gasteiger partial charge in [-0.05, 0) is 27.2 Å². The average Bonchev–Trinajstić information content (AvgIpc) is 2.94. The van der Waals surface area contributed by atoms with Gasteiger partial charge in [-0.25, -0.2) is 0 Å². The van der Waals surface area contributed by atoms with E-state index in [9.17, 15) is 0 Å². The minimum Gasteiger partial charge on any atom is -0.364 e. The van der Waals surface area contributed by atoms with Crippen LogP contribution in [0.5, 0.6) is 0 Å². The van der Waals surface area contributed by atoms with E-state index in [1.54, 1.807) is 0 Å². The molecule has 112 valence electrons. The Morgan fingerprint density at radius 2 is 2.10 bits per heavy atom. The Bertz CT molecular complexity index is 529. The van der Waals surface area contributed by atoms with Gasteiger partial charge in [-0.3, -0.25) is 9.36 Å². The summed E-state index contributed by atoms with van der Waals surface area (Å²) >= 11 is 0. The molecule has 0 spiro atoms. The van der Waals surface area contributed by atoms with Crippen LogP contribution in [-0.4, -0.2) is 19.6 Å². The molecule has 0 radical (unpaired) electrons. The molecule has 0 aromatic carbocycles. The van der Waals surface area contributed by atoms with Crippen LogP contribution < -0.4 is 5.32 Å². The molecule has 0 fully saturated rings. The van der Waals surface area contributed by atoms with Crippen molar-refractivity contribution in [1.29, 1.82) is 0 Å². The maximum Gasteiger partial charge on any atom is 0.148 e. The van der Waals surface area contributed by atoms with Crippen LogP contribution in [0.4, 0.5) is 5.82 Å². The molecule has 0 atom stereocenters. The first-order valence-electron chi connectivity index (χ1n) is 6.92. The molecule has 0 unspecified atom stereocenters. The van der Waals surface area contributed by atoms with Gasteiger partial charge >= 0.3 is 0 Å². The van der Waals surface area contributed by atoms with Gasteiger partial charge in [0.15, 0.2) is 0 Å². The second-order valence-electron chi connectivity index (χ2n) is 5.11. The van der Waals surface area contributed by atoms with Crippen molar-refractivity contribution < 1.29 is 0 Å². The maximum atomic E-state index is 4.46. The van der Waals surface area contributed by atoms with E-state index in [-0.39, 0.29) is 12.4 Å². The van der Waals surface area contributed by atoms with E-state index in [4.69, 9.17) is 0 Å². The fraction of sp³-hybridized carbons (Fsp3) is 0.571. The summed E-state index contributed by atoms with van der Waals surface area (Å²) in [6.45, 7) is 10.3. The van der Waals surface area contributed by atoms with Crippen LogP contribution >= 0.6 is 12.4 Å². The predicted octanol–water partition coefficient (Wildman–Crippen LogP) is 3.41. The molecule has 2 rings (SSSR count). The molecule has 0 bridgehead atoms. The molecule has 0 amide bonds. The number of halogens is 1. The fourth-order valence-electron chi connectivity index (χ4n) is 2.15. The fourth-order valence-corrected chi connectivity index (χ4v) is 2.15. The molecule has 1 N–H and O–H groups in total. The van der Waals surface area contributed by atoms with Crippen LogP contribution in [-0.2, 0) is 13.1 Å². The third-order valence-corrected chi connectivity index (χ3v) is 3.19. The van der Waals surface area contributed by atoms with Crippen molar-refractivity contribution in [3.05, 3.63) is 29.7 Å². The van der Waals surface area contributed by atoms with E-state index in [1.807, 2.05) is 27.8 Å². The Hall–Kier alpha value is -1.49. The molecule has 20 heavy (non-hydrogen) atoms. The molecule has 2 aromatic rings. The summed E-state index contributed by atoms with van der Waals surface area (Å²) in [5, 5.41) is 12.2. The van der Waals surface area contributed by atoms with E-state index in [1.165, 1.54) is 11.3 Å². The number of hydrogen-bond acceptors (Lipinski definition) is 3. The number of rotatable bonds is 6. The molecule has 0 saturated heterocycles. The Labute approximate surface area is 126 Å². The second kappa shape index (κ2) is 7.33. The molecule has 0 saturated carbocycles. The van der Waals surface area contributed by atoms with Crippen LogP contribution in [0, 0.1) is 6.92 Å². The summed E-state index contributed by atoms with van der Waals surface area (Å²) in [6, 6.07) is 2.41. The number of aryl methyl sites for hydroxylation is 1. The van der Waals surface area contributed by atoms with Crippen LogP contribution in [0.25, 0.3) is 0 Å². The van der Waals surface area contributed by atoms with Gasteiger partial charge in [0.05, 0.1) is 6.20 Å². The van der Waals surface area contributed by atoms with Crippen molar-refractivity contribution in [3.8, 4) is 0 Å². The lowest BCUT2D eigenvalue weighted by Crippen LogP contribution is -2.07. The summed E-state index contributed by atoms with van der Waals surface area (Å²) in [5.41, 5.74) is 2.44. The van der Waals surface area contributed by atoms with Gasteiger partial charge in [-0.15, -0.1) is 12.4 Å². The van der Waals surface area contributed by atoms with Gasteiger partial charge in [-0.1, -0.05) is 6.92 Å². The standard InChI is InChI=1S/C14H23N5.ClH/c1-5-7-18-8-6-14(17-18)15-9-13-10-16-19(11(2)3)12(13)4;/h6,8,10-11H,5,7,9H2,1-4H3,(H,15,17);1H. The first-order chi connectivity index (χ1) is 9.11. The summed E-state index contributed by atoms with van der Waals surface area (Å²) in [5.74, 6) is 0.921. The first-order valence-corrected chi connectivity index (χ1v) is 6.92. The van der Waals surface area contributed by atoms with Gasteiger partial charge in [0.2, 0.25) is 0 Å². The highest BCUT2D eigenvalue weighted by Crippen LogP contribution is 2.14. The highest BCUT2D eigenvalue weighted by Gasteiger charge is 2.08. The van der Waals surface area contributed by atoms with Crippen LogP contribution in [0.1, 0.15) is 44.5 Å². The highest BCUT2D eigenvalue weighted by atomic mass is 35.5. The highest BCUT2D eigenvalue weighted by molar-refractivity contribution is 5.85. The summed E-state index contributed by atoms with van der Waals surface area (Å²) in [6.07, 6.45) is 5.04. The second-order valence-corrected chi connectivity index (χ2v) is 5.11. The number of aromatic nitrogens is 4. The number of anilines is 1. The van der Waals surface area contributed by atoms with Crippen molar-refractivity contribution in [1.82, 2.24) is 19.6 Å². The number of nitrogens with zero attached hydrogens (tertiary/aromatic N) is 4. The Kier molecular flexibility index (Phi) is 6.07. The molecule has 0 aliphatic carbocycles. The lowest BCUT2D eigenvalue weighted by molar-refractivity contribution is 0.518. The first kappa shape index (κ1) is 16.6. The molecular formula is C14H24ClN5. The van der Waals surface area contributed by atoms with E-state index >= 15 is 0 Å². The van der Waals surface area contributed by atoms with E-state index < -0.39 is 0 Å². The van der Waals surface area contributed by atoms with E-state index in [2.05, 4.69) is 43.2 Å². The monoisotopic (exact) mass is 297 g/mol. The van der Waals surface area contributed by atoms with Gasteiger partial charge in [0, 0.05) is 42.7 Å². The maximum absolute atomic E-state index is 4.46. The van der Waals surface area contributed by atoms with Crippen molar-refractivity contribution in [2.45, 2.75) is 53.2 Å². The lowest BCUT2D eigenvalue weighted by atomic mass is 10.2. The predicted molar refractivity (Wildman–Crippen MR) is 84.4 cm³/mol. The van der Waals surface area contributed by atoms with Crippen LogP contribution in [0.3, 0.4) is 0 Å². The van der Waals surface area contributed by atoms with Crippen LogP contribution in [0.2, 0.25) is 0 Å². The normalized spacial score (nSPS) is 10.7. The van der Waals surface area contributed by atoms with Gasteiger partial charge < -0.3 is 5.32 Å². The van der Waals surface area contributed by atoms with Gasteiger partial charge in [-0.2, -0.15) is 10.2 Å². The van der Waals surface area contributed by atoms with Crippen molar-refractivity contribution in [2.75, 3.05) is 5.32 Å². The largest absolute Gasteiger partial charge is 0.364 e. The molecule has 0 aliphatic rings. The van der Waals surface area contributed by atoms with Crippen molar-refractivity contribution >= 4 is 18.2 Å². The summed E-state index contributed by atoms with van der Waals surface area (Å²) in [7, 11) is 0. The van der Waals surface area contributed by atoms with Crippen molar-refractivity contribution in [3.63, 3.8) is 0 Å². The Balaban J connectivity index is 0.00000200. The summed E-state index contributed by atoms with van der Waals surface area (Å²) < 4.78 is 4.01. The smallest absolute Gasteiger partial charge is 0.148 e. The molecule has 6 heteroatoms. The third-order valence-electron chi connectivity index (χ3n) is 3.19. The zero-order valence-corrected chi connectivity index (χ0v) is 13.4. The number of hydrogen-bond donors (Lipinski definition) is 1. The topological polar surface area (TPSA) is 47.7 Å². The lowest BCUT2D eigenvalue weighted by Gasteiger charge is -2.09. The number of nitrogens with one attached hydrogen (secondary N) is 1. The van der Waals surface area contributed by atoms with Crippen LogP contribution in [0.15, 0.2) is 18.5 Å². The average molecular weight is 298 g/mol. The Morgan fingerprint density at radius 1 is 1.35 bits per heavy atom. The Morgan fingerprint density at radius 3 is 2.70 bits per heavy atom. The molecule has 5 nitrogen and oxygen atoms in total. The van der Waals surface area contributed by atoms with Crippen molar-refractivity contribution in [2.24, 2.45) is 0 Å². The molecular weight excluding hydrogens is 274 g/mol. The SMILES string of the molecule is CCCn1ccc(NCc2cnn(C(C)C)c2C)n1.Cl. The third kappa shape index (κ3) is 3.76. The minimum atomic E-state index is 0. The quantitative estimate of drug-likeness (QED) is 0.889. The molecule has 0 aliphatic heterocycles. The van der Waals surface area contributed by atoms with Gasteiger partial charge in [0.25, 0.3) is 0 Å². The molecule has 2 heterocycles. The summed E-state index contributed by atoms with van der Waals surface area (Å²) in [4.78, 5) is 0. The minimum absolute atomic E-state index is 0. The van der Waals surface area contributed by atoms with Gasteiger partial charge in [0.1, 0.15) is 5.82 Å². The van der Waals surface area contributed by atoms with E-state index in [0.717, 1.165) is 25.3 Å². The molecule has 2 aromatic heterocycles. The zero-order chi connectivity index (χ0) is 13.8.